The number of halogens is 2. The minimum absolute atomic E-state index is 0.0334. The topological polar surface area (TPSA) is 50.4 Å². The van der Waals surface area contributed by atoms with Gasteiger partial charge in [-0.05, 0) is 79.2 Å². The van der Waals surface area contributed by atoms with Crippen LogP contribution in [0.5, 0.6) is 5.75 Å². The highest BCUT2D eigenvalue weighted by Crippen LogP contribution is 2.35. The van der Waals surface area contributed by atoms with Crippen LogP contribution in [0.4, 0.5) is 11.4 Å². The fraction of sp³-hybridized carbons (Fsp3) is 0.240. The molecule has 1 amide bonds. The second-order valence-corrected chi connectivity index (χ2v) is 9.45. The predicted octanol–water partition coefficient (Wildman–Crippen LogP) is 7.39. The number of nitrogens with one attached hydrogen (secondary N) is 2. The highest BCUT2D eigenvalue weighted by atomic mass is 79.9. The zero-order valence-corrected chi connectivity index (χ0v) is 20.8. The fourth-order valence-corrected chi connectivity index (χ4v) is 4.59. The van der Waals surface area contributed by atoms with Crippen LogP contribution in [0.25, 0.3) is 0 Å². The molecule has 0 aliphatic carbocycles. The van der Waals surface area contributed by atoms with E-state index in [9.17, 15) is 4.79 Å². The Labute approximate surface area is 200 Å². The average molecular weight is 546 g/mol. The van der Waals surface area contributed by atoms with E-state index in [1.54, 1.807) is 0 Å². The van der Waals surface area contributed by atoms with Gasteiger partial charge in [-0.2, -0.15) is 0 Å². The Morgan fingerprint density at radius 1 is 0.903 bits per heavy atom. The van der Waals surface area contributed by atoms with Gasteiger partial charge in [-0.15, -0.1) is 0 Å². The highest BCUT2D eigenvalue weighted by Gasteiger charge is 2.10. The van der Waals surface area contributed by atoms with Crippen LogP contribution in [-0.4, -0.2) is 5.91 Å². The van der Waals surface area contributed by atoms with Gasteiger partial charge in [-0.3, -0.25) is 4.79 Å². The summed E-state index contributed by atoms with van der Waals surface area (Å²) >= 11 is 7.25. The Morgan fingerprint density at radius 2 is 1.58 bits per heavy atom. The summed E-state index contributed by atoms with van der Waals surface area (Å²) < 4.78 is 7.78. The van der Waals surface area contributed by atoms with Crippen LogP contribution in [0.2, 0.25) is 0 Å². The van der Waals surface area contributed by atoms with Crippen molar-refractivity contribution in [1.82, 2.24) is 0 Å². The predicted molar refractivity (Wildman–Crippen MR) is 134 cm³/mol. The van der Waals surface area contributed by atoms with Crippen molar-refractivity contribution in [2.75, 3.05) is 10.6 Å². The van der Waals surface area contributed by atoms with Crippen LogP contribution in [0.15, 0.2) is 75.7 Å². The second kappa shape index (κ2) is 11.3. The molecule has 0 bridgehead atoms. The van der Waals surface area contributed by atoms with Crippen LogP contribution in [-0.2, 0) is 17.9 Å². The quantitative estimate of drug-likeness (QED) is 0.295. The molecule has 0 aliphatic heterocycles. The molecule has 0 aromatic heterocycles. The lowest BCUT2D eigenvalue weighted by atomic mass is 10.1. The molecule has 0 aliphatic rings. The standard InChI is InChI=1S/C25H26Br2N2O2/c1-17(2)11-24(30)29-21-10-6-9-20(14-21)28-15-19-12-22(26)25(23(27)13-19)31-16-18-7-4-3-5-8-18/h3-10,12-14,17,28H,11,15-16H2,1-2H3,(H,29,30). The maximum absolute atomic E-state index is 12.0. The molecule has 0 fully saturated rings. The first-order valence-electron chi connectivity index (χ1n) is 10.2. The third kappa shape index (κ3) is 7.40. The van der Waals surface area contributed by atoms with Crippen LogP contribution < -0.4 is 15.4 Å². The first-order chi connectivity index (χ1) is 14.9. The van der Waals surface area contributed by atoms with Gasteiger partial charge in [0.05, 0.1) is 8.95 Å². The van der Waals surface area contributed by atoms with E-state index >= 15 is 0 Å². The molecule has 0 heterocycles. The molecule has 0 atom stereocenters. The summed E-state index contributed by atoms with van der Waals surface area (Å²) in [5.74, 6) is 1.14. The van der Waals surface area contributed by atoms with Crippen molar-refractivity contribution >= 4 is 49.1 Å². The van der Waals surface area contributed by atoms with Crippen LogP contribution in [0.1, 0.15) is 31.4 Å². The van der Waals surface area contributed by atoms with Crippen molar-refractivity contribution in [3.8, 4) is 5.75 Å². The second-order valence-electron chi connectivity index (χ2n) is 7.74. The molecule has 162 valence electrons. The molecule has 6 heteroatoms. The zero-order valence-electron chi connectivity index (χ0n) is 17.6. The van der Waals surface area contributed by atoms with E-state index in [0.29, 0.717) is 25.5 Å². The van der Waals surface area contributed by atoms with Gasteiger partial charge in [0, 0.05) is 24.3 Å². The molecule has 4 nitrogen and oxygen atoms in total. The minimum Gasteiger partial charge on any atom is -0.487 e. The Hall–Kier alpha value is -2.31. The lowest BCUT2D eigenvalue weighted by Gasteiger charge is -2.14. The lowest BCUT2D eigenvalue weighted by molar-refractivity contribution is -0.116. The third-order valence-corrected chi connectivity index (χ3v) is 5.70. The maximum atomic E-state index is 12.0. The number of rotatable bonds is 9. The van der Waals surface area contributed by atoms with E-state index in [4.69, 9.17) is 4.74 Å². The molecule has 3 rings (SSSR count). The first kappa shape index (κ1) is 23.4. The van der Waals surface area contributed by atoms with Crippen molar-refractivity contribution in [3.05, 3.63) is 86.8 Å². The van der Waals surface area contributed by atoms with Crippen molar-refractivity contribution in [1.29, 1.82) is 0 Å². The molecule has 3 aromatic rings. The number of ether oxygens (including phenoxy) is 1. The van der Waals surface area contributed by atoms with Crippen LogP contribution in [0, 0.1) is 5.92 Å². The van der Waals surface area contributed by atoms with Crippen molar-refractivity contribution in [2.45, 2.75) is 33.4 Å². The molecule has 0 unspecified atom stereocenters. The molecule has 0 radical (unpaired) electrons. The van der Waals surface area contributed by atoms with E-state index in [1.165, 1.54) is 0 Å². The summed E-state index contributed by atoms with van der Waals surface area (Å²) in [6, 6.07) is 21.9. The number of anilines is 2. The highest BCUT2D eigenvalue weighted by molar-refractivity contribution is 9.11. The minimum atomic E-state index is 0.0334. The van der Waals surface area contributed by atoms with Crippen LogP contribution >= 0.6 is 31.9 Å². The maximum Gasteiger partial charge on any atom is 0.224 e. The Balaban J connectivity index is 1.60. The summed E-state index contributed by atoms with van der Waals surface area (Å²) in [7, 11) is 0. The number of carbonyl (C=O) groups excluding carboxylic acids is 1. The first-order valence-corrected chi connectivity index (χ1v) is 11.8. The lowest BCUT2D eigenvalue weighted by Crippen LogP contribution is -2.13. The van der Waals surface area contributed by atoms with Crippen molar-refractivity contribution in [2.24, 2.45) is 5.92 Å². The van der Waals surface area contributed by atoms with Gasteiger partial charge in [-0.1, -0.05) is 50.2 Å². The summed E-state index contributed by atoms with van der Waals surface area (Å²) in [5.41, 5.74) is 3.95. The number of amides is 1. The molecular formula is C25H26Br2N2O2. The van der Waals surface area contributed by atoms with Gasteiger partial charge < -0.3 is 15.4 Å². The van der Waals surface area contributed by atoms with Crippen LogP contribution in [0.3, 0.4) is 0 Å². The summed E-state index contributed by atoms with van der Waals surface area (Å²) in [4.78, 5) is 12.0. The van der Waals surface area contributed by atoms with Gasteiger partial charge in [0.2, 0.25) is 5.91 Å². The third-order valence-electron chi connectivity index (χ3n) is 4.52. The Kier molecular flexibility index (Phi) is 8.55. The van der Waals surface area contributed by atoms with E-state index in [2.05, 4.69) is 42.5 Å². The smallest absolute Gasteiger partial charge is 0.224 e. The number of hydrogen-bond donors (Lipinski definition) is 2. The fourth-order valence-electron chi connectivity index (χ4n) is 3.08. The van der Waals surface area contributed by atoms with Gasteiger partial charge in [0.1, 0.15) is 12.4 Å². The normalized spacial score (nSPS) is 10.7. The summed E-state index contributed by atoms with van der Waals surface area (Å²) in [5, 5.41) is 6.37. The largest absolute Gasteiger partial charge is 0.487 e. The molecule has 2 N–H and O–H groups in total. The van der Waals surface area contributed by atoms with Gasteiger partial charge >= 0.3 is 0 Å². The van der Waals surface area contributed by atoms with E-state index in [0.717, 1.165) is 37.2 Å². The molecule has 0 spiro atoms. The molecule has 31 heavy (non-hydrogen) atoms. The molecule has 3 aromatic carbocycles. The number of hydrogen-bond acceptors (Lipinski definition) is 3. The summed E-state index contributed by atoms with van der Waals surface area (Å²) in [6.45, 7) is 5.21. The average Bonchev–Trinajstić information content (AvgIpc) is 2.72. The Bertz CT molecular complexity index is 1000. The molecule has 0 saturated heterocycles. The SMILES string of the molecule is CC(C)CC(=O)Nc1cccc(NCc2cc(Br)c(OCc3ccccc3)c(Br)c2)c1. The zero-order chi connectivity index (χ0) is 22.2. The molecular weight excluding hydrogens is 520 g/mol. The van der Waals surface area contributed by atoms with Crippen molar-refractivity contribution in [3.63, 3.8) is 0 Å². The van der Waals surface area contributed by atoms with Crippen molar-refractivity contribution < 1.29 is 9.53 Å². The van der Waals surface area contributed by atoms with Gasteiger partial charge in [-0.25, -0.2) is 0 Å². The van der Waals surface area contributed by atoms with E-state index in [-0.39, 0.29) is 5.91 Å². The summed E-state index contributed by atoms with van der Waals surface area (Å²) in [6.07, 6.45) is 0.512. The van der Waals surface area contributed by atoms with E-state index in [1.807, 2.05) is 80.6 Å². The number of carbonyl (C=O) groups is 1. The Morgan fingerprint density at radius 3 is 2.26 bits per heavy atom. The van der Waals surface area contributed by atoms with Gasteiger partial charge in [0.15, 0.2) is 0 Å². The number of benzene rings is 3. The van der Waals surface area contributed by atoms with Gasteiger partial charge in [0.25, 0.3) is 0 Å². The monoisotopic (exact) mass is 544 g/mol. The van der Waals surface area contributed by atoms with E-state index < -0.39 is 0 Å². The molecule has 0 saturated carbocycles.